The fraction of sp³-hybridized carbons (Fsp3) is 0.500. The van der Waals surface area contributed by atoms with Crippen LogP contribution in [0.15, 0.2) is 18.2 Å². The van der Waals surface area contributed by atoms with Gasteiger partial charge in [0, 0.05) is 11.6 Å². The Morgan fingerprint density at radius 2 is 2.07 bits per heavy atom. The number of benzene rings is 1. The second-order valence-corrected chi connectivity index (χ2v) is 4.35. The van der Waals surface area contributed by atoms with E-state index in [1.165, 1.54) is 0 Å². The van der Waals surface area contributed by atoms with Crippen LogP contribution in [0, 0.1) is 6.92 Å². The summed E-state index contributed by atoms with van der Waals surface area (Å²) in [6, 6.07) is 6.04. The molecule has 0 fully saturated rings. The summed E-state index contributed by atoms with van der Waals surface area (Å²) in [6.07, 6.45) is 0. The van der Waals surface area contributed by atoms with Gasteiger partial charge in [0.1, 0.15) is 0 Å². The maximum Gasteiger partial charge on any atom is 0.0718 e. The lowest BCUT2D eigenvalue weighted by Crippen LogP contribution is -2.17. The summed E-state index contributed by atoms with van der Waals surface area (Å²) in [5.41, 5.74) is 2.23. The van der Waals surface area contributed by atoms with Crippen molar-refractivity contribution in [2.45, 2.75) is 13.5 Å². The molecule has 0 N–H and O–H groups in total. The van der Waals surface area contributed by atoms with E-state index >= 15 is 0 Å². The molecule has 0 aromatic heterocycles. The molecule has 0 amide bonds. The number of halogens is 1. The summed E-state index contributed by atoms with van der Waals surface area (Å²) >= 11 is 6.01. The zero-order valence-electron chi connectivity index (χ0n) is 9.59. The van der Waals surface area contributed by atoms with Crippen molar-refractivity contribution in [3.63, 3.8) is 0 Å². The van der Waals surface area contributed by atoms with E-state index in [1.807, 2.05) is 33.2 Å². The molecule has 0 aliphatic carbocycles. The topological polar surface area (TPSA) is 12.5 Å². The summed E-state index contributed by atoms with van der Waals surface area (Å²) in [5, 5.41) is 0.809. The van der Waals surface area contributed by atoms with E-state index < -0.39 is 0 Å². The van der Waals surface area contributed by atoms with E-state index in [9.17, 15) is 0 Å². The molecular formula is C12H18ClNO. The third kappa shape index (κ3) is 4.65. The van der Waals surface area contributed by atoms with Gasteiger partial charge in [-0.15, -0.1) is 0 Å². The van der Waals surface area contributed by atoms with Crippen LogP contribution in [0.2, 0.25) is 5.02 Å². The Labute approximate surface area is 96.8 Å². The molecule has 0 spiro atoms. The number of rotatable bonds is 5. The quantitative estimate of drug-likeness (QED) is 0.718. The number of likely N-dealkylation sites (N-methyl/N-ethyl adjacent to an activating group) is 1. The molecule has 0 heterocycles. The van der Waals surface area contributed by atoms with Gasteiger partial charge in [0.2, 0.25) is 0 Å². The molecule has 0 bridgehead atoms. The van der Waals surface area contributed by atoms with Crippen LogP contribution in [0.1, 0.15) is 11.1 Å². The van der Waals surface area contributed by atoms with Crippen LogP contribution < -0.4 is 0 Å². The highest BCUT2D eigenvalue weighted by molar-refractivity contribution is 6.31. The van der Waals surface area contributed by atoms with Crippen LogP contribution in [-0.2, 0) is 11.3 Å². The lowest BCUT2D eigenvalue weighted by atomic mass is 10.2. The Bertz CT molecular complexity index is 312. The maximum absolute atomic E-state index is 6.01. The zero-order chi connectivity index (χ0) is 11.3. The monoisotopic (exact) mass is 227 g/mol. The summed E-state index contributed by atoms with van der Waals surface area (Å²) < 4.78 is 5.53. The van der Waals surface area contributed by atoms with Gasteiger partial charge in [-0.1, -0.05) is 23.7 Å². The lowest BCUT2D eigenvalue weighted by Gasteiger charge is -2.10. The normalized spacial score (nSPS) is 11.0. The minimum absolute atomic E-state index is 0.633. The highest BCUT2D eigenvalue weighted by Crippen LogP contribution is 2.17. The van der Waals surface area contributed by atoms with E-state index in [1.54, 1.807) is 0 Å². The molecule has 84 valence electrons. The number of aryl methyl sites for hydroxylation is 1. The molecule has 3 heteroatoms. The van der Waals surface area contributed by atoms with E-state index in [2.05, 4.69) is 11.0 Å². The highest BCUT2D eigenvalue weighted by atomic mass is 35.5. The van der Waals surface area contributed by atoms with Crippen LogP contribution in [0.5, 0.6) is 0 Å². The smallest absolute Gasteiger partial charge is 0.0718 e. The predicted molar refractivity (Wildman–Crippen MR) is 64.4 cm³/mol. The minimum atomic E-state index is 0.633. The van der Waals surface area contributed by atoms with Gasteiger partial charge in [-0.25, -0.2) is 0 Å². The van der Waals surface area contributed by atoms with Gasteiger partial charge in [0.05, 0.1) is 13.2 Å². The molecule has 0 radical (unpaired) electrons. The Morgan fingerprint density at radius 3 is 2.67 bits per heavy atom. The lowest BCUT2D eigenvalue weighted by molar-refractivity contribution is 0.105. The number of nitrogens with zero attached hydrogens (tertiary/aromatic N) is 1. The largest absolute Gasteiger partial charge is 0.375 e. The molecule has 0 saturated carbocycles. The van der Waals surface area contributed by atoms with Gasteiger partial charge >= 0.3 is 0 Å². The molecular weight excluding hydrogens is 210 g/mol. The first-order chi connectivity index (χ1) is 7.09. The maximum atomic E-state index is 6.01. The van der Waals surface area contributed by atoms with Crippen molar-refractivity contribution in [3.05, 3.63) is 34.3 Å². The number of ether oxygens (including phenoxy) is 1. The molecule has 1 aromatic carbocycles. The molecule has 0 saturated heterocycles. The molecule has 1 aromatic rings. The summed E-state index contributed by atoms with van der Waals surface area (Å²) in [7, 11) is 4.07. The van der Waals surface area contributed by atoms with Gasteiger partial charge in [-0.2, -0.15) is 0 Å². The number of hydrogen-bond donors (Lipinski definition) is 0. The molecule has 0 aliphatic heterocycles. The fourth-order valence-electron chi connectivity index (χ4n) is 1.16. The van der Waals surface area contributed by atoms with E-state index in [0.717, 1.165) is 29.3 Å². The first-order valence-corrected chi connectivity index (χ1v) is 5.45. The van der Waals surface area contributed by atoms with Crippen molar-refractivity contribution in [3.8, 4) is 0 Å². The first kappa shape index (κ1) is 12.5. The van der Waals surface area contributed by atoms with Gasteiger partial charge in [-0.05, 0) is 38.2 Å². The third-order valence-corrected chi connectivity index (χ3v) is 2.60. The van der Waals surface area contributed by atoms with Gasteiger partial charge in [0.15, 0.2) is 0 Å². The minimum Gasteiger partial charge on any atom is -0.375 e. The average Bonchev–Trinajstić information content (AvgIpc) is 2.18. The van der Waals surface area contributed by atoms with Crippen molar-refractivity contribution in [2.24, 2.45) is 0 Å². The van der Waals surface area contributed by atoms with Gasteiger partial charge < -0.3 is 9.64 Å². The standard InChI is InChI=1S/C12H18ClNO/c1-10-4-5-11(8-12(10)13)9-15-7-6-14(2)3/h4-5,8H,6-7,9H2,1-3H3. The van der Waals surface area contributed by atoms with E-state index in [0.29, 0.717) is 6.61 Å². The van der Waals surface area contributed by atoms with Crippen molar-refractivity contribution >= 4 is 11.6 Å². The predicted octanol–water partition coefficient (Wildman–Crippen LogP) is 2.73. The van der Waals surface area contributed by atoms with E-state index in [-0.39, 0.29) is 0 Å². The molecule has 0 aliphatic rings. The summed E-state index contributed by atoms with van der Waals surface area (Å²) in [6.45, 7) is 4.32. The Kier molecular flexibility index (Phi) is 5.09. The molecule has 0 atom stereocenters. The Morgan fingerprint density at radius 1 is 1.33 bits per heavy atom. The van der Waals surface area contributed by atoms with Crippen molar-refractivity contribution < 1.29 is 4.74 Å². The van der Waals surface area contributed by atoms with Crippen LogP contribution >= 0.6 is 11.6 Å². The highest BCUT2D eigenvalue weighted by Gasteiger charge is 1.98. The first-order valence-electron chi connectivity index (χ1n) is 5.07. The molecule has 2 nitrogen and oxygen atoms in total. The van der Waals surface area contributed by atoms with Crippen molar-refractivity contribution in [1.82, 2.24) is 4.90 Å². The Hall–Kier alpha value is -0.570. The third-order valence-electron chi connectivity index (χ3n) is 2.19. The summed E-state index contributed by atoms with van der Waals surface area (Å²) in [4.78, 5) is 2.10. The summed E-state index contributed by atoms with van der Waals surface area (Å²) in [5.74, 6) is 0. The number of hydrogen-bond acceptors (Lipinski definition) is 2. The van der Waals surface area contributed by atoms with Gasteiger partial charge in [0.25, 0.3) is 0 Å². The second kappa shape index (κ2) is 6.11. The Balaban J connectivity index is 2.35. The average molecular weight is 228 g/mol. The van der Waals surface area contributed by atoms with Crippen LogP contribution in [-0.4, -0.2) is 32.1 Å². The van der Waals surface area contributed by atoms with Crippen LogP contribution in [0.4, 0.5) is 0 Å². The van der Waals surface area contributed by atoms with Crippen molar-refractivity contribution in [2.75, 3.05) is 27.2 Å². The molecule has 0 unspecified atom stereocenters. The zero-order valence-corrected chi connectivity index (χ0v) is 10.3. The van der Waals surface area contributed by atoms with Crippen LogP contribution in [0.25, 0.3) is 0 Å². The second-order valence-electron chi connectivity index (χ2n) is 3.94. The molecule has 1 rings (SSSR count). The van der Waals surface area contributed by atoms with E-state index in [4.69, 9.17) is 16.3 Å². The van der Waals surface area contributed by atoms with Gasteiger partial charge in [-0.3, -0.25) is 0 Å². The molecule has 15 heavy (non-hydrogen) atoms. The fourth-order valence-corrected chi connectivity index (χ4v) is 1.37. The SMILES string of the molecule is Cc1ccc(COCCN(C)C)cc1Cl. The van der Waals surface area contributed by atoms with Crippen LogP contribution in [0.3, 0.4) is 0 Å². The van der Waals surface area contributed by atoms with Crippen molar-refractivity contribution in [1.29, 1.82) is 0 Å².